The number of ether oxygens (including phenoxy) is 2. The Balaban J connectivity index is 1.95. The number of quaternary nitrogens is 1. The minimum absolute atomic E-state index is 0.152. The van der Waals surface area contributed by atoms with Gasteiger partial charge in [0.05, 0.1) is 13.7 Å². The first-order chi connectivity index (χ1) is 9.61. The lowest BCUT2D eigenvalue weighted by molar-refractivity contribution is -0.659. The highest BCUT2D eigenvalue weighted by Gasteiger charge is 2.30. The van der Waals surface area contributed by atoms with Gasteiger partial charge in [-0.15, -0.1) is 0 Å². The number of ketones is 1. The van der Waals surface area contributed by atoms with Gasteiger partial charge in [0.1, 0.15) is 5.75 Å². The van der Waals surface area contributed by atoms with E-state index in [1.54, 1.807) is 38.3 Å². The molecule has 1 fully saturated rings. The zero-order valence-electron chi connectivity index (χ0n) is 11.8. The van der Waals surface area contributed by atoms with Gasteiger partial charge in [-0.3, -0.25) is 4.79 Å². The highest BCUT2D eigenvalue weighted by Crippen LogP contribution is 2.14. The van der Waals surface area contributed by atoms with Crippen LogP contribution >= 0.6 is 0 Å². The lowest BCUT2D eigenvalue weighted by atomic mass is 10.1. The normalized spacial score (nSPS) is 19.4. The fourth-order valence-electron chi connectivity index (χ4n) is 2.29. The summed E-state index contributed by atoms with van der Waals surface area (Å²) in [6.45, 7) is 2.56. The lowest BCUT2D eigenvalue weighted by Crippen LogP contribution is -2.88. The Bertz CT molecular complexity index is 477. The molecule has 0 aliphatic carbocycles. The molecule has 1 aromatic carbocycles. The maximum atomic E-state index is 12.2. The van der Waals surface area contributed by atoms with E-state index in [9.17, 15) is 9.59 Å². The molecule has 2 N–H and O–H groups in total. The largest absolute Gasteiger partial charge is 0.497 e. The zero-order chi connectivity index (χ0) is 14.5. The van der Waals surface area contributed by atoms with E-state index in [2.05, 4.69) is 0 Å². The van der Waals surface area contributed by atoms with Crippen molar-refractivity contribution in [1.82, 2.24) is 0 Å². The van der Waals surface area contributed by atoms with E-state index in [0.717, 1.165) is 19.4 Å². The summed E-state index contributed by atoms with van der Waals surface area (Å²) in [5, 5.41) is 1.97. The first kappa shape index (κ1) is 14.5. The quantitative estimate of drug-likeness (QED) is 0.630. The molecular weight excluding hydrogens is 258 g/mol. The first-order valence-corrected chi connectivity index (χ1v) is 6.84. The molecule has 0 radical (unpaired) electrons. The van der Waals surface area contributed by atoms with Crippen LogP contribution in [0.25, 0.3) is 0 Å². The van der Waals surface area contributed by atoms with Gasteiger partial charge in [0.25, 0.3) is 0 Å². The van der Waals surface area contributed by atoms with Crippen molar-refractivity contribution in [2.24, 2.45) is 0 Å². The molecule has 5 nitrogen and oxygen atoms in total. The second-order valence-electron chi connectivity index (χ2n) is 4.94. The third kappa shape index (κ3) is 3.36. The van der Waals surface area contributed by atoms with Crippen molar-refractivity contribution in [3.8, 4) is 5.75 Å². The molecule has 0 aromatic heterocycles. The molecule has 1 aliphatic rings. The summed E-state index contributed by atoms with van der Waals surface area (Å²) in [6.07, 6.45) is 1.08. The monoisotopic (exact) mass is 278 g/mol. The molecular formula is C15H20NO4+. The molecule has 1 heterocycles. The molecule has 0 saturated carbocycles. The molecule has 2 rings (SSSR count). The molecule has 5 heteroatoms. The minimum Gasteiger partial charge on any atom is -0.497 e. The third-order valence-corrected chi connectivity index (χ3v) is 3.51. The average Bonchev–Trinajstić information content (AvgIpc) is 3.01. The lowest BCUT2D eigenvalue weighted by Gasteiger charge is -2.14. The average molecular weight is 278 g/mol. The Morgan fingerprint density at radius 1 is 1.30 bits per heavy atom. The first-order valence-electron chi connectivity index (χ1n) is 6.84. The maximum absolute atomic E-state index is 12.2. The van der Waals surface area contributed by atoms with Crippen LogP contribution in [0.4, 0.5) is 0 Å². The molecule has 0 spiro atoms. The Morgan fingerprint density at radius 3 is 2.55 bits per heavy atom. The number of carbonyl (C=O) groups excluding carboxylic acids is 2. The number of benzene rings is 1. The number of carbonyl (C=O) groups is 2. The van der Waals surface area contributed by atoms with Crippen LogP contribution in [0, 0.1) is 0 Å². The number of Topliss-reactive ketones (excluding diaryl/α,β-unsaturated/α-hetero) is 1. The number of hydrogen-bond acceptors (Lipinski definition) is 4. The van der Waals surface area contributed by atoms with Crippen LogP contribution in [0.1, 0.15) is 30.1 Å². The maximum Gasteiger partial charge on any atom is 0.365 e. The van der Waals surface area contributed by atoms with E-state index in [-0.39, 0.29) is 17.8 Å². The summed E-state index contributed by atoms with van der Waals surface area (Å²) < 4.78 is 10.3. The molecule has 1 aliphatic heterocycles. The van der Waals surface area contributed by atoms with Gasteiger partial charge < -0.3 is 14.8 Å². The third-order valence-electron chi connectivity index (χ3n) is 3.51. The summed E-state index contributed by atoms with van der Waals surface area (Å²) in [5.41, 5.74) is 0.515. The minimum atomic E-state index is -0.759. The summed E-state index contributed by atoms with van der Waals surface area (Å²) in [4.78, 5) is 24.0. The van der Waals surface area contributed by atoms with Crippen LogP contribution in [0.3, 0.4) is 0 Å². The number of esters is 1. The smallest absolute Gasteiger partial charge is 0.365 e. The Labute approximate surface area is 118 Å². The molecule has 20 heavy (non-hydrogen) atoms. The van der Waals surface area contributed by atoms with Gasteiger partial charge >= 0.3 is 5.97 Å². The van der Waals surface area contributed by atoms with Gasteiger partial charge in [-0.1, -0.05) is 0 Å². The van der Waals surface area contributed by atoms with Gasteiger partial charge in [0, 0.05) is 18.4 Å². The van der Waals surface area contributed by atoms with Gasteiger partial charge in [0.15, 0.2) is 12.1 Å². The summed E-state index contributed by atoms with van der Waals surface area (Å²) in [6, 6.07) is 6.63. The predicted molar refractivity (Wildman–Crippen MR) is 72.7 cm³/mol. The predicted octanol–water partition coefficient (Wildman–Crippen LogP) is 0.535. The van der Waals surface area contributed by atoms with Gasteiger partial charge in [-0.05, 0) is 31.2 Å². The van der Waals surface area contributed by atoms with E-state index in [1.807, 2.05) is 5.32 Å². The molecule has 1 saturated heterocycles. The molecule has 2 atom stereocenters. The van der Waals surface area contributed by atoms with E-state index < -0.39 is 6.10 Å². The summed E-state index contributed by atoms with van der Waals surface area (Å²) >= 11 is 0. The molecule has 0 unspecified atom stereocenters. The van der Waals surface area contributed by atoms with Crippen LogP contribution in [-0.2, 0) is 9.53 Å². The second kappa shape index (κ2) is 6.52. The van der Waals surface area contributed by atoms with Gasteiger partial charge in [-0.2, -0.15) is 0 Å². The van der Waals surface area contributed by atoms with Crippen molar-refractivity contribution < 1.29 is 24.4 Å². The van der Waals surface area contributed by atoms with Crippen LogP contribution in [0.15, 0.2) is 24.3 Å². The molecule has 108 valence electrons. The van der Waals surface area contributed by atoms with Crippen molar-refractivity contribution in [3.05, 3.63) is 29.8 Å². The van der Waals surface area contributed by atoms with Crippen molar-refractivity contribution in [2.75, 3.05) is 13.7 Å². The highest BCUT2D eigenvalue weighted by molar-refractivity contribution is 6.00. The van der Waals surface area contributed by atoms with Crippen molar-refractivity contribution in [2.45, 2.75) is 31.9 Å². The number of methoxy groups -OCH3 is 1. The zero-order valence-corrected chi connectivity index (χ0v) is 11.8. The van der Waals surface area contributed by atoms with Crippen LogP contribution in [-0.4, -0.2) is 37.6 Å². The summed E-state index contributed by atoms with van der Waals surface area (Å²) in [5.74, 6) is 0.197. The molecule has 0 amide bonds. The van der Waals surface area contributed by atoms with E-state index in [1.165, 1.54) is 0 Å². The van der Waals surface area contributed by atoms with Crippen molar-refractivity contribution in [3.63, 3.8) is 0 Å². The van der Waals surface area contributed by atoms with Crippen molar-refractivity contribution >= 4 is 11.8 Å². The fraction of sp³-hybridized carbons (Fsp3) is 0.467. The highest BCUT2D eigenvalue weighted by atomic mass is 16.5. The van der Waals surface area contributed by atoms with E-state index >= 15 is 0 Å². The molecule has 0 bridgehead atoms. The fourth-order valence-corrected chi connectivity index (χ4v) is 2.29. The van der Waals surface area contributed by atoms with Crippen molar-refractivity contribution in [1.29, 1.82) is 0 Å². The van der Waals surface area contributed by atoms with Crippen LogP contribution in [0.5, 0.6) is 5.75 Å². The topological polar surface area (TPSA) is 69.2 Å². The Morgan fingerprint density at radius 2 is 2.00 bits per heavy atom. The second-order valence-corrected chi connectivity index (χ2v) is 4.94. The Kier molecular flexibility index (Phi) is 4.74. The Hall–Kier alpha value is -1.88. The van der Waals surface area contributed by atoms with Crippen LogP contribution < -0.4 is 10.1 Å². The SMILES string of the molecule is COc1ccc(C(=O)[C@@H](C)OC(=O)[C@@H]2CCC[NH2+]2)cc1. The number of nitrogens with two attached hydrogens (primary N) is 1. The molecule has 1 aromatic rings. The van der Waals surface area contributed by atoms with Gasteiger partial charge in [0.2, 0.25) is 5.78 Å². The van der Waals surface area contributed by atoms with Gasteiger partial charge in [-0.25, -0.2) is 4.79 Å². The number of rotatable bonds is 5. The van der Waals surface area contributed by atoms with Crippen LogP contribution in [0.2, 0.25) is 0 Å². The number of hydrogen-bond donors (Lipinski definition) is 1. The van der Waals surface area contributed by atoms with E-state index in [0.29, 0.717) is 11.3 Å². The standard InChI is InChI=1S/C15H19NO4/c1-10(20-15(18)13-4-3-9-16-13)14(17)11-5-7-12(19-2)8-6-11/h5-8,10,13,16H,3-4,9H2,1-2H3/p+1/t10-,13+/m1/s1. The van der Waals surface area contributed by atoms with E-state index in [4.69, 9.17) is 9.47 Å². The summed E-state index contributed by atoms with van der Waals surface area (Å²) in [7, 11) is 1.57.